The first kappa shape index (κ1) is 16.4. The minimum Gasteiger partial charge on any atom is -0.481 e. The molecule has 0 atom stereocenters. The number of rotatable bonds is 7. The summed E-state index contributed by atoms with van der Waals surface area (Å²) < 4.78 is 18.8. The predicted molar refractivity (Wildman–Crippen MR) is 80.2 cm³/mol. The van der Waals surface area contributed by atoms with Gasteiger partial charge in [0.25, 0.3) is 5.91 Å². The predicted octanol–water partition coefficient (Wildman–Crippen LogP) is 2.00. The third-order valence-electron chi connectivity index (χ3n) is 2.62. The van der Waals surface area contributed by atoms with Crippen molar-refractivity contribution in [3.8, 4) is 5.75 Å². The molecule has 4 nitrogen and oxygen atoms in total. The van der Waals surface area contributed by atoms with E-state index in [1.807, 2.05) is 0 Å². The van der Waals surface area contributed by atoms with Crippen molar-refractivity contribution in [3.63, 3.8) is 0 Å². The Labute approximate surface area is 123 Å². The quantitative estimate of drug-likeness (QED) is 0.756. The Balaban J connectivity index is 2.45. The lowest BCUT2D eigenvalue weighted by Gasteiger charge is -2.10. The summed E-state index contributed by atoms with van der Waals surface area (Å²) in [6.45, 7) is 4.51. The van der Waals surface area contributed by atoms with Crippen molar-refractivity contribution in [2.45, 2.75) is 20.3 Å². The van der Waals surface area contributed by atoms with Gasteiger partial charge in [-0.2, -0.15) is 0 Å². The summed E-state index contributed by atoms with van der Waals surface area (Å²) in [6.07, 6.45) is 0.892. The summed E-state index contributed by atoms with van der Waals surface area (Å²) in [5.41, 5.74) is 5.82. The van der Waals surface area contributed by atoms with Crippen LogP contribution in [-0.4, -0.2) is 24.0 Å². The van der Waals surface area contributed by atoms with Crippen LogP contribution in [0.25, 0.3) is 0 Å². The zero-order valence-corrected chi connectivity index (χ0v) is 12.4. The van der Waals surface area contributed by atoms with Crippen molar-refractivity contribution in [1.82, 2.24) is 5.32 Å². The van der Waals surface area contributed by atoms with Crippen LogP contribution in [-0.2, 0) is 4.79 Å². The summed E-state index contributed by atoms with van der Waals surface area (Å²) in [7, 11) is 0. The van der Waals surface area contributed by atoms with Gasteiger partial charge in [0.15, 0.2) is 18.2 Å². The first-order valence-electron chi connectivity index (χ1n) is 6.39. The van der Waals surface area contributed by atoms with Gasteiger partial charge in [-0.05, 0) is 30.5 Å². The fraction of sp³-hybridized carbons (Fsp3) is 0.429. The Kier molecular flexibility index (Phi) is 6.38. The molecule has 0 spiro atoms. The number of amides is 1. The SMILES string of the molecule is CC(C)CCNC(=O)COc1ccc(C(N)=S)cc1F. The monoisotopic (exact) mass is 298 g/mol. The van der Waals surface area contributed by atoms with E-state index in [0.29, 0.717) is 18.0 Å². The molecule has 0 saturated carbocycles. The maximum absolute atomic E-state index is 13.6. The molecule has 1 amide bonds. The van der Waals surface area contributed by atoms with Gasteiger partial charge in [-0.25, -0.2) is 4.39 Å². The van der Waals surface area contributed by atoms with Crippen molar-refractivity contribution < 1.29 is 13.9 Å². The Bertz CT molecular complexity index is 492. The van der Waals surface area contributed by atoms with E-state index in [4.69, 9.17) is 22.7 Å². The lowest BCUT2D eigenvalue weighted by Crippen LogP contribution is -2.30. The molecule has 0 heterocycles. The normalized spacial score (nSPS) is 10.4. The molecule has 0 radical (unpaired) electrons. The molecular weight excluding hydrogens is 279 g/mol. The zero-order chi connectivity index (χ0) is 15.1. The van der Waals surface area contributed by atoms with Gasteiger partial charge >= 0.3 is 0 Å². The Morgan fingerprint density at radius 1 is 1.50 bits per heavy atom. The number of benzene rings is 1. The Morgan fingerprint density at radius 2 is 2.20 bits per heavy atom. The highest BCUT2D eigenvalue weighted by atomic mass is 32.1. The van der Waals surface area contributed by atoms with Crippen molar-refractivity contribution >= 4 is 23.1 Å². The Morgan fingerprint density at radius 3 is 2.75 bits per heavy atom. The molecule has 0 aliphatic rings. The van der Waals surface area contributed by atoms with E-state index >= 15 is 0 Å². The second-order valence-corrected chi connectivity index (χ2v) is 5.27. The maximum atomic E-state index is 13.6. The molecule has 1 aromatic carbocycles. The van der Waals surface area contributed by atoms with Crippen LogP contribution in [0.5, 0.6) is 5.75 Å². The summed E-state index contributed by atoms with van der Waals surface area (Å²) in [5, 5.41) is 2.71. The minimum absolute atomic E-state index is 0.00371. The lowest BCUT2D eigenvalue weighted by atomic mass is 10.1. The number of nitrogens with two attached hydrogens (primary N) is 1. The van der Waals surface area contributed by atoms with Crippen LogP contribution in [0.3, 0.4) is 0 Å². The summed E-state index contributed by atoms with van der Waals surface area (Å²) >= 11 is 4.75. The minimum atomic E-state index is -0.592. The fourth-order valence-electron chi connectivity index (χ4n) is 1.47. The van der Waals surface area contributed by atoms with Crippen molar-refractivity contribution in [2.75, 3.05) is 13.2 Å². The van der Waals surface area contributed by atoms with Gasteiger partial charge in [-0.15, -0.1) is 0 Å². The van der Waals surface area contributed by atoms with Gasteiger partial charge in [0.05, 0.1) is 0 Å². The highest BCUT2D eigenvalue weighted by molar-refractivity contribution is 7.80. The third kappa shape index (κ3) is 5.52. The van der Waals surface area contributed by atoms with E-state index in [-0.39, 0.29) is 23.3 Å². The van der Waals surface area contributed by atoms with Gasteiger partial charge in [0.1, 0.15) is 4.99 Å². The van der Waals surface area contributed by atoms with Crippen LogP contribution in [0.4, 0.5) is 4.39 Å². The lowest BCUT2D eigenvalue weighted by molar-refractivity contribution is -0.123. The smallest absolute Gasteiger partial charge is 0.257 e. The van der Waals surface area contributed by atoms with Crippen molar-refractivity contribution in [3.05, 3.63) is 29.6 Å². The van der Waals surface area contributed by atoms with Crippen LogP contribution in [0.2, 0.25) is 0 Å². The second kappa shape index (κ2) is 7.79. The largest absolute Gasteiger partial charge is 0.481 e. The molecule has 3 N–H and O–H groups in total. The van der Waals surface area contributed by atoms with Crippen molar-refractivity contribution in [2.24, 2.45) is 11.7 Å². The number of hydrogen-bond donors (Lipinski definition) is 2. The molecule has 0 aromatic heterocycles. The first-order chi connectivity index (χ1) is 9.40. The molecule has 6 heteroatoms. The number of halogens is 1. The van der Waals surface area contributed by atoms with E-state index in [2.05, 4.69) is 19.2 Å². The molecule has 0 aliphatic heterocycles. The van der Waals surface area contributed by atoms with Crippen LogP contribution in [0.1, 0.15) is 25.8 Å². The average Bonchev–Trinajstić information content (AvgIpc) is 2.36. The van der Waals surface area contributed by atoms with E-state index < -0.39 is 5.82 Å². The molecule has 0 aliphatic carbocycles. The highest BCUT2D eigenvalue weighted by Gasteiger charge is 2.08. The molecular formula is C14H19FN2O2S. The third-order valence-corrected chi connectivity index (χ3v) is 2.85. The molecule has 0 unspecified atom stereocenters. The zero-order valence-electron chi connectivity index (χ0n) is 11.6. The number of hydrogen-bond acceptors (Lipinski definition) is 3. The molecule has 0 fully saturated rings. The average molecular weight is 298 g/mol. The number of thiocarbonyl (C=S) groups is 1. The number of ether oxygens (including phenoxy) is 1. The molecule has 110 valence electrons. The first-order valence-corrected chi connectivity index (χ1v) is 6.80. The number of carbonyl (C=O) groups excluding carboxylic acids is 1. The molecule has 0 saturated heterocycles. The van der Waals surface area contributed by atoms with E-state index in [1.165, 1.54) is 12.1 Å². The van der Waals surface area contributed by atoms with Gasteiger partial charge < -0.3 is 15.8 Å². The fourth-order valence-corrected chi connectivity index (χ4v) is 1.59. The van der Waals surface area contributed by atoms with Gasteiger partial charge in [-0.3, -0.25) is 4.79 Å². The maximum Gasteiger partial charge on any atom is 0.257 e. The standard InChI is InChI=1S/C14H19FN2O2S/c1-9(2)5-6-17-13(18)8-19-12-4-3-10(14(16)20)7-11(12)15/h3-4,7,9H,5-6,8H2,1-2H3,(H2,16,20)(H,17,18). The van der Waals surface area contributed by atoms with Crippen LogP contribution < -0.4 is 15.8 Å². The van der Waals surface area contributed by atoms with E-state index in [1.54, 1.807) is 6.07 Å². The summed E-state index contributed by atoms with van der Waals surface area (Å²) in [5.74, 6) is -0.348. The summed E-state index contributed by atoms with van der Waals surface area (Å²) in [6, 6.07) is 4.15. The molecule has 20 heavy (non-hydrogen) atoms. The number of carbonyl (C=O) groups is 1. The van der Waals surface area contributed by atoms with E-state index in [0.717, 1.165) is 6.42 Å². The van der Waals surface area contributed by atoms with Crippen molar-refractivity contribution in [1.29, 1.82) is 0 Å². The van der Waals surface area contributed by atoms with E-state index in [9.17, 15) is 9.18 Å². The molecule has 0 bridgehead atoms. The molecule has 1 aromatic rings. The Hall–Kier alpha value is -1.69. The van der Waals surface area contributed by atoms with Crippen LogP contribution in [0, 0.1) is 11.7 Å². The van der Waals surface area contributed by atoms with Gasteiger partial charge in [0.2, 0.25) is 0 Å². The molecule has 1 rings (SSSR count). The van der Waals surface area contributed by atoms with Gasteiger partial charge in [-0.1, -0.05) is 26.1 Å². The highest BCUT2D eigenvalue weighted by Crippen LogP contribution is 2.18. The van der Waals surface area contributed by atoms with Gasteiger partial charge in [0, 0.05) is 12.1 Å². The van der Waals surface area contributed by atoms with Crippen LogP contribution in [0.15, 0.2) is 18.2 Å². The second-order valence-electron chi connectivity index (χ2n) is 4.83. The summed E-state index contributed by atoms with van der Waals surface area (Å²) in [4.78, 5) is 11.6. The topological polar surface area (TPSA) is 64.3 Å². The van der Waals surface area contributed by atoms with Crippen LogP contribution >= 0.6 is 12.2 Å². The number of nitrogens with one attached hydrogen (secondary N) is 1.